The molecule has 0 fully saturated rings. The number of ether oxygens (including phenoxy) is 1. The smallest absolute Gasteiger partial charge is 0.118 e. The van der Waals surface area contributed by atoms with E-state index in [1.807, 2.05) is 24.3 Å². The van der Waals surface area contributed by atoms with Crippen molar-refractivity contribution in [3.63, 3.8) is 0 Å². The van der Waals surface area contributed by atoms with Gasteiger partial charge >= 0.3 is 0 Å². The lowest BCUT2D eigenvalue weighted by Crippen LogP contribution is -1.84. The molecule has 0 aliphatic heterocycles. The van der Waals surface area contributed by atoms with Crippen LogP contribution in [0.4, 0.5) is 0 Å². The Hall–Kier alpha value is -1.42. The Morgan fingerprint density at radius 1 is 1.36 bits per heavy atom. The number of rotatable bonds is 2. The molecule has 11 heavy (non-hydrogen) atoms. The van der Waals surface area contributed by atoms with Crippen LogP contribution in [0, 0.1) is 12.3 Å². The van der Waals surface area contributed by atoms with Crippen molar-refractivity contribution in [1.82, 2.24) is 0 Å². The van der Waals surface area contributed by atoms with E-state index in [4.69, 9.17) is 11.2 Å². The zero-order valence-corrected chi connectivity index (χ0v) is 6.42. The molecule has 1 rings (SSSR count). The van der Waals surface area contributed by atoms with Gasteiger partial charge in [-0.1, -0.05) is 18.1 Å². The minimum absolute atomic E-state index is 0.573. The minimum Gasteiger partial charge on any atom is -0.497 e. The Morgan fingerprint density at radius 2 is 2.00 bits per heavy atom. The van der Waals surface area contributed by atoms with Crippen LogP contribution in [-0.2, 0) is 6.42 Å². The Bertz CT molecular complexity index is 253. The second-order valence-corrected chi connectivity index (χ2v) is 2.20. The Kier molecular flexibility index (Phi) is 2.57. The second kappa shape index (κ2) is 3.68. The lowest BCUT2D eigenvalue weighted by atomic mass is 10.1. The van der Waals surface area contributed by atoms with Crippen molar-refractivity contribution in [2.24, 2.45) is 0 Å². The molecule has 0 saturated carbocycles. The topological polar surface area (TPSA) is 9.23 Å². The van der Waals surface area contributed by atoms with Crippen molar-refractivity contribution in [3.8, 4) is 11.7 Å². The van der Waals surface area contributed by atoms with Crippen LogP contribution in [0.15, 0.2) is 24.3 Å². The van der Waals surface area contributed by atoms with E-state index < -0.39 is 0 Å². The van der Waals surface area contributed by atoms with Crippen molar-refractivity contribution in [3.05, 3.63) is 36.3 Å². The van der Waals surface area contributed by atoms with Crippen molar-refractivity contribution in [2.45, 2.75) is 6.42 Å². The van der Waals surface area contributed by atoms with Crippen LogP contribution in [0.5, 0.6) is 5.75 Å². The monoisotopic (exact) mass is 145 g/mol. The van der Waals surface area contributed by atoms with Crippen LogP contribution in [-0.4, -0.2) is 7.11 Å². The molecule has 0 saturated heterocycles. The van der Waals surface area contributed by atoms with Gasteiger partial charge in [0.25, 0.3) is 0 Å². The highest BCUT2D eigenvalue weighted by atomic mass is 16.5. The maximum absolute atomic E-state index is 6.76. The normalized spacial score (nSPS) is 8.73. The molecule has 0 heterocycles. The largest absolute Gasteiger partial charge is 0.497 e. The molecule has 0 unspecified atom stereocenters. The Morgan fingerprint density at radius 3 is 2.45 bits per heavy atom. The fourth-order valence-electron chi connectivity index (χ4n) is 0.845. The molecule has 1 aromatic rings. The standard InChI is InChI=1S/C10H9O/c1-3-4-9-5-7-10(11-2)8-6-9/h5-8H,4H2,2H3. The summed E-state index contributed by atoms with van der Waals surface area (Å²) in [4.78, 5) is 0. The summed E-state index contributed by atoms with van der Waals surface area (Å²) in [6.45, 7) is 0. The van der Waals surface area contributed by atoms with Gasteiger partial charge in [0.2, 0.25) is 0 Å². The molecule has 0 bridgehead atoms. The van der Waals surface area contributed by atoms with Crippen LogP contribution < -0.4 is 4.74 Å². The molecule has 1 heteroatoms. The lowest BCUT2D eigenvalue weighted by molar-refractivity contribution is 0.414. The summed E-state index contributed by atoms with van der Waals surface area (Å²) in [7, 11) is 1.64. The van der Waals surface area contributed by atoms with Crippen molar-refractivity contribution in [2.75, 3.05) is 7.11 Å². The van der Waals surface area contributed by atoms with E-state index in [9.17, 15) is 0 Å². The summed E-state index contributed by atoms with van der Waals surface area (Å²) in [6.07, 6.45) is 7.33. The second-order valence-electron chi connectivity index (χ2n) is 2.20. The van der Waals surface area contributed by atoms with Gasteiger partial charge in [0.15, 0.2) is 0 Å². The van der Waals surface area contributed by atoms with Crippen molar-refractivity contribution < 1.29 is 4.74 Å². The summed E-state index contributed by atoms with van der Waals surface area (Å²) < 4.78 is 4.98. The van der Waals surface area contributed by atoms with Gasteiger partial charge in [-0.3, -0.25) is 0 Å². The Balaban J connectivity index is 2.76. The van der Waals surface area contributed by atoms with E-state index in [1.54, 1.807) is 7.11 Å². The van der Waals surface area contributed by atoms with Gasteiger partial charge in [0.05, 0.1) is 7.11 Å². The first kappa shape index (κ1) is 7.68. The van der Waals surface area contributed by atoms with E-state index >= 15 is 0 Å². The first-order chi connectivity index (χ1) is 5.36. The van der Waals surface area contributed by atoms with Gasteiger partial charge in [-0.05, 0) is 24.1 Å². The molecular formula is C10H9O. The van der Waals surface area contributed by atoms with Crippen molar-refractivity contribution in [1.29, 1.82) is 0 Å². The molecule has 1 aromatic carbocycles. The summed E-state index contributed by atoms with van der Waals surface area (Å²) >= 11 is 0. The Labute approximate surface area is 67.0 Å². The van der Waals surface area contributed by atoms with E-state index in [0.29, 0.717) is 6.42 Å². The highest BCUT2D eigenvalue weighted by molar-refractivity contribution is 5.28. The average molecular weight is 145 g/mol. The first-order valence-electron chi connectivity index (χ1n) is 3.39. The average Bonchev–Trinajstić information content (AvgIpc) is 2.07. The molecule has 0 N–H and O–H groups in total. The van der Waals surface area contributed by atoms with E-state index in [2.05, 4.69) is 5.92 Å². The van der Waals surface area contributed by atoms with E-state index in [0.717, 1.165) is 11.3 Å². The van der Waals surface area contributed by atoms with Gasteiger partial charge in [0.1, 0.15) is 5.75 Å². The number of hydrogen-bond acceptors (Lipinski definition) is 1. The summed E-state index contributed by atoms with van der Waals surface area (Å²) in [5.41, 5.74) is 1.08. The third-order valence-electron chi connectivity index (χ3n) is 1.45. The number of hydrogen-bond donors (Lipinski definition) is 0. The summed E-state index contributed by atoms with van der Waals surface area (Å²) in [5, 5.41) is 0. The zero-order chi connectivity index (χ0) is 8.10. The third-order valence-corrected chi connectivity index (χ3v) is 1.45. The maximum Gasteiger partial charge on any atom is 0.118 e. The van der Waals surface area contributed by atoms with E-state index in [-0.39, 0.29) is 0 Å². The van der Waals surface area contributed by atoms with E-state index in [1.165, 1.54) is 0 Å². The summed E-state index contributed by atoms with van der Waals surface area (Å²) in [6, 6.07) is 7.63. The molecule has 0 atom stereocenters. The SMILES string of the molecule is [C]#CCc1ccc(OC)cc1. The molecule has 1 nitrogen and oxygen atoms in total. The maximum atomic E-state index is 6.76. The summed E-state index contributed by atoms with van der Waals surface area (Å²) in [5.74, 6) is 3.18. The highest BCUT2D eigenvalue weighted by Crippen LogP contribution is 2.10. The van der Waals surface area contributed by atoms with Crippen LogP contribution in [0.25, 0.3) is 0 Å². The molecule has 55 valence electrons. The third kappa shape index (κ3) is 2.01. The fourth-order valence-corrected chi connectivity index (χ4v) is 0.845. The fraction of sp³-hybridized carbons (Fsp3) is 0.200. The van der Waals surface area contributed by atoms with Crippen molar-refractivity contribution >= 4 is 0 Å². The predicted molar refractivity (Wildman–Crippen MR) is 43.8 cm³/mol. The van der Waals surface area contributed by atoms with Crippen LogP contribution in [0.3, 0.4) is 0 Å². The molecule has 0 aliphatic carbocycles. The lowest BCUT2D eigenvalue weighted by Gasteiger charge is -1.99. The van der Waals surface area contributed by atoms with Gasteiger partial charge < -0.3 is 4.74 Å². The number of methoxy groups -OCH3 is 1. The van der Waals surface area contributed by atoms with Gasteiger partial charge in [-0.15, -0.1) is 0 Å². The van der Waals surface area contributed by atoms with Crippen LogP contribution >= 0.6 is 0 Å². The quantitative estimate of drug-likeness (QED) is 0.577. The number of benzene rings is 1. The first-order valence-corrected chi connectivity index (χ1v) is 3.39. The minimum atomic E-state index is 0.573. The van der Waals surface area contributed by atoms with Crippen LogP contribution in [0.1, 0.15) is 5.56 Å². The molecular weight excluding hydrogens is 136 g/mol. The zero-order valence-electron chi connectivity index (χ0n) is 6.42. The predicted octanol–water partition coefficient (Wildman–Crippen LogP) is 1.83. The highest BCUT2D eigenvalue weighted by Gasteiger charge is 1.90. The molecule has 0 amide bonds. The van der Waals surface area contributed by atoms with Gasteiger partial charge in [-0.2, -0.15) is 0 Å². The molecule has 0 aromatic heterocycles. The molecule has 0 spiro atoms. The van der Waals surface area contributed by atoms with Crippen LogP contribution in [0.2, 0.25) is 0 Å². The van der Waals surface area contributed by atoms with Gasteiger partial charge in [0, 0.05) is 6.42 Å². The van der Waals surface area contributed by atoms with Gasteiger partial charge in [-0.25, -0.2) is 0 Å². The molecule has 0 aliphatic rings. The molecule has 1 radical (unpaired) electrons.